The first-order chi connectivity index (χ1) is 11.5. The maximum atomic E-state index is 13.1. The lowest BCUT2D eigenvalue weighted by molar-refractivity contribution is -0.150. The Labute approximate surface area is 148 Å². The van der Waals surface area contributed by atoms with Crippen LogP contribution in [0.15, 0.2) is 53.4 Å². The minimum Gasteiger partial charge on any atom is -0.452 e. The average molecular weight is 368 g/mol. The molecule has 0 spiro atoms. The van der Waals surface area contributed by atoms with Crippen LogP contribution in [-0.4, -0.2) is 23.7 Å². The summed E-state index contributed by atoms with van der Waals surface area (Å²) >= 11 is 6.97. The number of ether oxygens (including phenoxy) is 1. The number of amides is 1. The minimum atomic E-state index is -0.974. The van der Waals surface area contributed by atoms with Gasteiger partial charge in [0.05, 0.1) is 10.8 Å². The Morgan fingerprint density at radius 2 is 1.96 bits per heavy atom. The van der Waals surface area contributed by atoms with Gasteiger partial charge in [-0.05, 0) is 37.3 Å². The Bertz CT molecular complexity index is 727. The van der Waals surface area contributed by atoms with Crippen molar-refractivity contribution in [2.24, 2.45) is 0 Å². The van der Waals surface area contributed by atoms with E-state index in [0.29, 0.717) is 5.69 Å². The van der Waals surface area contributed by atoms with Crippen LogP contribution in [0.25, 0.3) is 0 Å². The lowest BCUT2D eigenvalue weighted by atomic mass is 10.3. The van der Waals surface area contributed by atoms with Gasteiger partial charge in [-0.15, -0.1) is 11.8 Å². The van der Waals surface area contributed by atoms with Gasteiger partial charge in [0.2, 0.25) is 0 Å². The minimum absolute atomic E-state index is 0.100. The van der Waals surface area contributed by atoms with E-state index in [2.05, 4.69) is 5.32 Å². The van der Waals surface area contributed by atoms with E-state index in [1.807, 2.05) is 30.3 Å². The lowest BCUT2D eigenvalue weighted by Crippen LogP contribution is -2.30. The number of esters is 1. The predicted octanol–water partition coefficient (Wildman–Crippen LogP) is 4.14. The second-order valence-corrected chi connectivity index (χ2v) is 6.31. The van der Waals surface area contributed by atoms with Crippen molar-refractivity contribution in [2.75, 3.05) is 11.1 Å². The molecule has 0 bridgehead atoms. The molecule has 7 heteroatoms. The molecule has 1 N–H and O–H groups in total. The fourth-order valence-electron chi connectivity index (χ4n) is 1.76. The van der Waals surface area contributed by atoms with Crippen LogP contribution < -0.4 is 5.32 Å². The molecule has 0 radical (unpaired) electrons. The molecule has 0 fully saturated rings. The molecule has 0 unspecified atom stereocenters. The normalized spacial score (nSPS) is 11.6. The molecule has 2 rings (SSSR count). The maximum absolute atomic E-state index is 13.1. The van der Waals surface area contributed by atoms with Gasteiger partial charge in [0.1, 0.15) is 5.82 Å². The molecule has 4 nitrogen and oxygen atoms in total. The molecule has 2 aromatic carbocycles. The van der Waals surface area contributed by atoms with Crippen molar-refractivity contribution in [3.8, 4) is 0 Å². The highest BCUT2D eigenvalue weighted by atomic mass is 35.5. The molecule has 0 aliphatic carbocycles. The van der Waals surface area contributed by atoms with E-state index < -0.39 is 23.8 Å². The smallest absolute Gasteiger partial charge is 0.317 e. The number of nitrogens with one attached hydrogen (secondary N) is 1. The summed E-state index contributed by atoms with van der Waals surface area (Å²) < 4.78 is 18.2. The second kappa shape index (κ2) is 8.70. The monoisotopic (exact) mass is 367 g/mol. The van der Waals surface area contributed by atoms with Crippen LogP contribution in [0.1, 0.15) is 6.92 Å². The van der Waals surface area contributed by atoms with Crippen LogP contribution in [0, 0.1) is 5.82 Å². The molecule has 0 heterocycles. The van der Waals surface area contributed by atoms with E-state index in [-0.39, 0.29) is 10.8 Å². The van der Waals surface area contributed by atoms with Crippen LogP contribution in [0.4, 0.5) is 10.1 Å². The molecule has 24 heavy (non-hydrogen) atoms. The Morgan fingerprint density at radius 3 is 2.62 bits per heavy atom. The van der Waals surface area contributed by atoms with Crippen molar-refractivity contribution in [2.45, 2.75) is 17.9 Å². The Hall–Kier alpha value is -2.05. The fraction of sp³-hybridized carbons (Fsp3) is 0.176. The fourth-order valence-corrected chi connectivity index (χ4v) is 2.64. The highest BCUT2D eigenvalue weighted by Crippen LogP contribution is 2.20. The van der Waals surface area contributed by atoms with E-state index in [0.717, 1.165) is 11.0 Å². The summed E-state index contributed by atoms with van der Waals surface area (Å²) in [5, 5.41) is 2.41. The van der Waals surface area contributed by atoms with Gasteiger partial charge in [0.15, 0.2) is 6.10 Å². The lowest BCUT2D eigenvalue weighted by Gasteiger charge is -2.13. The summed E-state index contributed by atoms with van der Waals surface area (Å²) in [4.78, 5) is 24.7. The van der Waals surface area contributed by atoms with Crippen molar-refractivity contribution in [1.29, 1.82) is 0 Å². The van der Waals surface area contributed by atoms with Crippen molar-refractivity contribution < 1.29 is 18.7 Å². The first kappa shape index (κ1) is 18.3. The highest BCUT2D eigenvalue weighted by Gasteiger charge is 2.18. The van der Waals surface area contributed by atoms with Gasteiger partial charge in [0, 0.05) is 10.6 Å². The second-order valence-electron chi connectivity index (χ2n) is 4.85. The SMILES string of the molecule is C[C@H](OC(=O)CSc1ccccc1)C(=O)Nc1ccc(F)c(Cl)c1. The zero-order chi connectivity index (χ0) is 17.5. The van der Waals surface area contributed by atoms with Gasteiger partial charge in [-0.2, -0.15) is 0 Å². The van der Waals surface area contributed by atoms with Gasteiger partial charge in [0.25, 0.3) is 5.91 Å². The quantitative estimate of drug-likeness (QED) is 0.615. The highest BCUT2D eigenvalue weighted by molar-refractivity contribution is 8.00. The van der Waals surface area contributed by atoms with Gasteiger partial charge < -0.3 is 10.1 Å². The molecule has 126 valence electrons. The number of carbonyl (C=O) groups is 2. The Kier molecular flexibility index (Phi) is 6.63. The van der Waals surface area contributed by atoms with Crippen molar-refractivity contribution in [1.82, 2.24) is 0 Å². The number of thioether (sulfide) groups is 1. The van der Waals surface area contributed by atoms with Crippen LogP contribution >= 0.6 is 23.4 Å². The number of benzene rings is 2. The molecular formula is C17H15ClFNO3S. The summed E-state index contributed by atoms with van der Waals surface area (Å²) in [6.07, 6.45) is -0.974. The maximum Gasteiger partial charge on any atom is 0.317 e. The number of rotatable bonds is 6. The van der Waals surface area contributed by atoms with E-state index in [4.69, 9.17) is 16.3 Å². The summed E-state index contributed by atoms with van der Waals surface area (Å²) in [7, 11) is 0. The summed E-state index contributed by atoms with van der Waals surface area (Å²) in [5.74, 6) is -1.49. The van der Waals surface area contributed by atoms with Crippen LogP contribution in [-0.2, 0) is 14.3 Å². The number of halogens is 2. The van der Waals surface area contributed by atoms with Crippen LogP contribution in [0.5, 0.6) is 0 Å². The summed E-state index contributed by atoms with van der Waals surface area (Å²) in [5.41, 5.74) is 0.327. The standard InChI is InChI=1S/C17H15ClFNO3S/c1-11(17(22)20-12-7-8-15(19)14(18)9-12)23-16(21)10-24-13-5-3-2-4-6-13/h2-9,11H,10H2,1H3,(H,20,22)/t11-/m0/s1. The van der Waals surface area contributed by atoms with Crippen LogP contribution in [0.2, 0.25) is 5.02 Å². The van der Waals surface area contributed by atoms with Crippen molar-refractivity contribution >= 4 is 40.9 Å². The summed E-state index contributed by atoms with van der Waals surface area (Å²) in [6.45, 7) is 1.46. The first-order valence-electron chi connectivity index (χ1n) is 7.09. The third-order valence-corrected chi connectivity index (χ3v) is 4.24. The zero-order valence-corrected chi connectivity index (χ0v) is 14.4. The molecular weight excluding hydrogens is 353 g/mol. The van der Waals surface area contributed by atoms with Crippen molar-refractivity contribution in [3.63, 3.8) is 0 Å². The Morgan fingerprint density at radius 1 is 1.25 bits per heavy atom. The number of hydrogen-bond donors (Lipinski definition) is 1. The number of hydrogen-bond acceptors (Lipinski definition) is 4. The molecule has 0 saturated heterocycles. The van der Waals surface area contributed by atoms with Gasteiger partial charge in [-0.25, -0.2) is 4.39 Å². The number of anilines is 1. The molecule has 1 atom stereocenters. The molecule has 0 aliphatic heterocycles. The van der Waals surface area contributed by atoms with E-state index >= 15 is 0 Å². The third-order valence-electron chi connectivity index (χ3n) is 2.96. The van der Waals surface area contributed by atoms with E-state index in [1.54, 1.807) is 0 Å². The molecule has 2 aromatic rings. The predicted molar refractivity (Wildman–Crippen MR) is 92.8 cm³/mol. The van der Waals surface area contributed by atoms with E-state index in [1.165, 1.54) is 30.8 Å². The average Bonchev–Trinajstić information content (AvgIpc) is 2.57. The number of carbonyl (C=O) groups excluding carboxylic acids is 2. The molecule has 0 aromatic heterocycles. The zero-order valence-electron chi connectivity index (χ0n) is 12.8. The van der Waals surface area contributed by atoms with Gasteiger partial charge >= 0.3 is 5.97 Å². The Balaban J connectivity index is 1.82. The molecule has 0 saturated carbocycles. The first-order valence-corrected chi connectivity index (χ1v) is 8.45. The van der Waals surface area contributed by atoms with Crippen LogP contribution in [0.3, 0.4) is 0 Å². The largest absolute Gasteiger partial charge is 0.452 e. The van der Waals surface area contributed by atoms with Crippen molar-refractivity contribution in [3.05, 3.63) is 59.4 Å². The van der Waals surface area contributed by atoms with E-state index in [9.17, 15) is 14.0 Å². The topological polar surface area (TPSA) is 55.4 Å². The van der Waals surface area contributed by atoms with Gasteiger partial charge in [-0.3, -0.25) is 9.59 Å². The molecule has 0 aliphatic rings. The molecule has 1 amide bonds. The third kappa shape index (κ3) is 5.54. The van der Waals surface area contributed by atoms with Gasteiger partial charge in [-0.1, -0.05) is 29.8 Å². The summed E-state index contributed by atoms with van der Waals surface area (Å²) in [6, 6.07) is 13.2.